The van der Waals surface area contributed by atoms with Crippen molar-refractivity contribution in [2.75, 3.05) is 6.54 Å². The smallest absolute Gasteiger partial charge is 0.315 e. The largest absolute Gasteiger partial charge is 0.338 e. The molecular formula is C19H25N3O. The van der Waals surface area contributed by atoms with E-state index >= 15 is 0 Å². The molecule has 0 radical (unpaired) electrons. The number of hydrogen-bond acceptors (Lipinski definition) is 2. The normalized spacial score (nSPS) is 12.0. The topological polar surface area (TPSA) is 54.0 Å². The third-order valence-electron chi connectivity index (χ3n) is 4.01. The minimum absolute atomic E-state index is 0.125. The third kappa shape index (κ3) is 6.10. The molecule has 122 valence electrons. The van der Waals surface area contributed by atoms with Gasteiger partial charge >= 0.3 is 6.03 Å². The molecule has 1 aromatic heterocycles. The Morgan fingerprint density at radius 3 is 2.35 bits per heavy atom. The summed E-state index contributed by atoms with van der Waals surface area (Å²) in [5, 5.41) is 5.87. The molecule has 0 bridgehead atoms. The Kier molecular flexibility index (Phi) is 6.60. The van der Waals surface area contributed by atoms with Crippen molar-refractivity contribution < 1.29 is 4.79 Å². The number of urea groups is 1. The Labute approximate surface area is 138 Å². The van der Waals surface area contributed by atoms with Crippen LogP contribution in [0, 0.1) is 11.8 Å². The standard InChI is InChI=1S/C19H25N3O/c1-15(2)18(12-16-6-4-3-5-7-16)14-22-19(23)21-13-17-8-10-20-11-9-17/h3-11,15,18H,12-14H2,1-2H3,(H2,21,22,23). The molecule has 23 heavy (non-hydrogen) atoms. The zero-order valence-corrected chi connectivity index (χ0v) is 13.8. The Morgan fingerprint density at radius 2 is 1.70 bits per heavy atom. The fourth-order valence-corrected chi connectivity index (χ4v) is 2.43. The first-order valence-electron chi connectivity index (χ1n) is 8.09. The van der Waals surface area contributed by atoms with E-state index in [0.717, 1.165) is 12.0 Å². The molecule has 0 saturated carbocycles. The lowest BCUT2D eigenvalue weighted by Crippen LogP contribution is -2.39. The second-order valence-corrected chi connectivity index (χ2v) is 6.11. The maximum Gasteiger partial charge on any atom is 0.315 e. The fourth-order valence-electron chi connectivity index (χ4n) is 2.43. The molecule has 0 aliphatic rings. The van der Waals surface area contributed by atoms with Gasteiger partial charge in [-0.25, -0.2) is 4.79 Å². The Morgan fingerprint density at radius 1 is 1.00 bits per heavy atom. The lowest BCUT2D eigenvalue weighted by Gasteiger charge is -2.21. The van der Waals surface area contributed by atoms with Crippen molar-refractivity contribution in [3.8, 4) is 0 Å². The van der Waals surface area contributed by atoms with Crippen LogP contribution >= 0.6 is 0 Å². The molecule has 1 heterocycles. The van der Waals surface area contributed by atoms with E-state index in [4.69, 9.17) is 0 Å². The molecule has 2 N–H and O–H groups in total. The number of pyridine rings is 1. The van der Waals surface area contributed by atoms with Crippen LogP contribution in [0.3, 0.4) is 0 Å². The molecular weight excluding hydrogens is 286 g/mol. The van der Waals surface area contributed by atoms with Crippen LogP contribution in [0.1, 0.15) is 25.0 Å². The maximum atomic E-state index is 12.0. The van der Waals surface area contributed by atoms with Gasteiger partial charge in [-0.05, 0) is 41.5 Å². The average Bonchev–Trinajstić information content (AvgIpc) is 2.58. The molecule has 2 rings (SSSR count). The summed E-state index contributed by atoms with van der Waals surface area (Å²) in [4.78, 5) is 15.9. The van der Waals surface area contributed by atoms with Crippen LogP contribution in [0.2, 0.25) is 0 Å². The van der Waals surface area contributed by atoms with E-state index in [9.17, 15) is 4.79 Å². The van der Waals surface area contributed by atoms with Crippen molar-refractivity contribution in [1.82, 2.24) is 15.6 Å². The molecule has 0 saturated heterocycles. The van der Waals surface area contributed by atoms with Crippen molar-refractivity contribution in [2.24, 2.45) is 11.8 Å². The van der Waals surface area contributed by atoms with Crippen LogP contribution in [-0.2, 0) is 13.0 Å². The number of carbonyl (C=O) groups excluding carboxylic acids is 1. The molecule has 4 heteroatoms. The number of carbonyl (C=O) groups is 1. The molecule has 0 fully saturated rings. The SMILES string of the molecule is CC(C)C(CNC(=O)NCc1ccncc1)Cc1ccccc1. The Balaban J connectivity index is 1.78. The number of nitrogens with one attached hydrogen (secondary N) is 2. The molecule has 1 atom stereocenters. The van der Waals surface area contributed by atoms with Crippen LogP contribution < -0.4 is 10.6 Å². The van der Waals surface area contributed by atoms with Crippen LogP contribution in [0.25, 0.3) is 0 Å². The maximum absolute atomic E-state index is 12.0. The van der Waals surface area contributed by atoms with E-state index in [-0.39, 0.29) is 6.03 Å². The highest BCUT2D eigenvalue weighted by molar-refractivity contribution is 5.73. The lowest BCUT2D eigenvalue weighted by molar-refractivity contribution is 0.236. The number of rotatable bonds is 7. The van der Waals surface area contributed by atoms with Gasteiger partial charge in [-0.1, -0.05) is 44.2 Å². The van der Waals surface area contributed by atoms with Crippen molar-refractivity contribution >= 4 is 6.03 Å². The third-order valence-corrected chi connectivity index (χ3v) is 4.01. The number of amides is 2. The van der Waals surface area contributed by atoms with Crippen LogP contribution in [0.15, 0.2) is 54.9 Å². The second-order valence-electron chi connectivity index (χ2n) is 6.11. The van der Waals surface area contributed by atoms with Gasteiger partial charge in [0.25, 0.3) is 0 Å². The van der Waals surface area contributed by atoms with Gasteiger partial charge in [-0.3, -0.25) is 4.98 Å². The predicted molar refractivity (Wildman–Crippen MR) is 92.9 cm³/mol. The minimum atomic E-state index is -0.125. The highest BCUT2D eigenvalue weighted by Crippen LogP contribution is 2.16. The second kappa shape index (κ2) is 8.93. The monoisotopic (exact) mass is 311 g/mol. The first kappa shape index (κ1) is 17.0. The molecule has 1 aromatic carbocycles. The fraction of sp³-hybridized carbons (Fsp3) is 0.368. The summed E-state index contributed by atoms with van der Waals surface area (Å²) in [6, 6.07) is 14.1. The van der Waals surface area contributed by atoms with Gasteiger partial charge < -0.3 is 10.6 Å². The summed E-state index contributed by atoms with van der Waals surface area (Å²) < 4.78 is 0. The average molecular weight is 311 g/mol. The summed E-state index contributed by atoms with van der Waals surface area (Å²) in [7, 11) is 0. The van der Waals surface area contributed by atoms with Gasteiger partial charge in [0, 0.05) is 25.5 Å². The van der Waals surface area contributed by atoms with Crippen LogP contribution in [-0.4, -0.2) is 17.6 Å². The first-order valence-corrected chi connectivity index (χ1v) is 8.09. The Hall–Kier alpha value is -2.36. The summed E-state index contributed by atoms with van der Waals surface area (Å²) >= 11 is 0. The molecule has 1 unspecified atom stereocenters. The zero-order valence-electron chi connectivity index (χ0n) is 13.8. The van der Waals surface area contributed by atoms with Crippen LogP contribution in [0.5, 0.6) is 0 Å². The van der Waals surface area contributed by atoms with E-state index in [1.54, 1.807) is 12.4 Å². The van der Waals surface area contributed by atoms with Gasteiger partial charge in [0.15, 0.2) is 0 Å². The predicted octanol–water partition coefficient (Wildman–Crippen LogP) is 3.40. The van der Waals surface area contributed by atoms with E-state index in [1.165, 1.54) is 5.56 Å². The molecule has 2 aromatic rings. The highest BCUT2D eigenvalue weighted by atomic mass is 16.2. The van der Waals surface area contributed by atoms with Gasteiger partial charge in [0.1, 0.15) is 0 Å². The summed E-state index contributed by atoms with van der Waals surface area (Å²) in [5.41, 5.74) is 2.35. The number of aromatic nitrogens is 1. The summed E-state index contributed by atoms with van der Waals surface area (Å²) in [6.45, 7) is 5.59. The zero-order chi connectivity index (χ0) is 16.5. The van der Waals surface area contributed by atoms with Crippen molar-refractivity contribution in [2.45, 2.75) is 26.8 Å². The molecule has 0 aliphatic carbocycles. The number of benzene rings is 1. The number of hydrogen-bond donors (Lipinski definition) is 2. The summed E-state index contributed by atoms with van der Waals surface area (Å²) in [6.07, 6.45) is 4.43. The van der Waals surface area contributed by atoms with E-state index < -0.39 is 0 Å². The highest BCUT2D eigenvalue weighted by Gasteiger charge is 2.15. The molecule has 4 nitrogen and oxygen atoms in total. The minimum Gasteiger partial charge on any atom is -0.338 e. The van der Waals surface area contributed by atoms with Crippen LogP contribution in [0.4, 0.5) is 4.79 Å². The number of nitrogens with zero attached hydrogens (tertiary/aromatic N) is 1. The van der Waals surface area contributed by atoms with E-state index in [1.807, 2.05) is 18.2 Å². The van der Waals surface area contributed by atoms with Gasteiger partial charge in [0.05, 0.1) is 0 Å². The first-order chi connectivity index (χ1) is 11.1. The summed E-state index contributed by atoms with van der Waals surface area (Å²) in [5.74, 6) is 0.930. The lowest BCUT2D eigenvalue weighted by atomic mass is 9.89. The van der Waals surface area contributed by atoms with Gasteiger partial charge in [-0.2, -0.15) is 0 Å². The van der Waals surface area contributed by atoms with Crippen molar-refractivity contribution in [1.29, 1.82) is 0 Å². The van der Waals surface area contributed by atoms with Gasteiger partial charge in [0.2, 0.25) is 0 Å². The van der Waals surface area contributed by atoms with Gasteiger partial charge in [-0.15, -0.1) is 0 Å². The van der Waals surface area contributed by atoms with Crippen molar-refractivity contribution in [3.05, 3.63) is 66.0 Å². The molecule has 0 aliphatic heterocycles. The van der Waals surface area contributed by atoms with E-state index in [0.29, 0.717) is 24.9 Å². The van der Waals surface area contributed by atoms with Crippen molar-refractivity contribution in [3.63, 3.8) is 0 Å². The molecule has 0 spiro atoms. The Bertz CT molecular complexity index is 584. The molecule has 2 amide bonds. The van der Waals surface area contributed by atoms with E-state index in [2.05, 4.69) is 53.7 Å². The quantitative estimate of drug-likeness (QED) is 0.823.